The average Bonchev–Trinajstić information content (AvgIpc) is 2.87. The van der Waals surface area contributed by atoms with Gasteiger partial charge in [-0.2, -0.15) is 0 Å². The molecule has 114 valence electrons. The molecule has 2 nitrogen and oxygen atoms in total. The molecule has 0 heterocycles. The lowest BCUT2D eigenvalue weighted by molar-refractivity contribution is 0.162. The molecular formula is C19H28N2. The second-order valence-corrected chi connectivity index (χ2v) is 6.45. The zero-order chi connectivity index (χ0) is 14.7. The van der Waals surface area contributed by atoms with E-state index in [0.717, 1.165) is 38.0 Å². The summed E-state index contributed by atoms with van der Waals surface area (Å²) < 4.78 is 0. The van der Waals surface area contributed by atoms with Crippen LogP contribution in [0, 0.1) is 11.8 Å². The molecule has 1 aromatic carbocycles. The maximum absolute atomic E-state index is 3.79. The zero-order valence-electron chi connectivity index (χ0n) is 13.4. The van der Waals surface area contributed by atoms with Crippen molar-refractivity contribution in [2.45, 2.75) is 45.8 Å². The monoisotopic (exact) mass is 284 g/mol. The largest absolute Gasteiger partial charge is 0.309 e. The first-order valence-electron chi connectivity index (χ1n) is 8.51. The van der Waals surface area contributed by atoms with E-state index in [1.54, 1.807) is 0 Å². The Hall–Kier alpha value is -1.12. The van der Waals surface area contributed by atoms with Crippen LogP contribution in [0.25, 0.3) is 0 Å². The minimum atomic E-state index is 0.704. The van der Waals surface area contributed by atoms with E-state index in [1.807, 2.05) is 0 Å². The lowest BCUT2D eigenvalue weighted by Gasteiger charge is -2.41. The highest BCUT2D eigenvalue weighted by Crippen LogP contribution is 2.42. The third-order valence-corrected chi connectivity index (χ3v) is 5.32. The van der Waals surface area contributed by atoms with Gasteiger partial charge in [0.25, 0.3) is 0 Å². The minimum absolute atomic E-state index is 0.704. The Morgan fingerprint density at radius 3 is 2.62 bits per heavy atom. The molecule has 2 aliphatic rings. The van der Waals surface area contributed by atoms with Gasteiger partial charge in [0.2, 0.25) is 0 Å². The molecule has 2 heteroatoms. The fourth-order valence-electron chi connectivity index (χ4n) is 3.76. The van der Waals surface area contributed by atoms with Crippen molar-refractivity contribution in [1.29, 1.82) is 0 Å². The van der Waals surface area contributed by atoms with Crippen molar-refractivity contribution < 1.29 is 0 Å². The third kappa shape index (κ3) is 3.22. The van der Waals surface area contributed by atoms with Crippen LogP contribution in [0.4, 0.5) is 0 Å². The van der Waals surface area contributed by atoms with Gasteiger partial charge < -0.3 is 5.32 Å². The van der Waals surface area contributed by atoms with Crippen LogP contribution in [-0.4, -0.2) is 24.0 Å². The Balaban J connectivity index is 1.58. The van der Waals surface area contributed by atoms with Crippen LogP contribution in [-0.2, 0) is 13.1 Å². The van der Waals surface area contributed by atoms with Gasteiger partial charge in [-0.3, -0.25) is 4.90 Å². The zero-order valence-corrected chi connectivity index (χ0v) is 13.4. The minimum Gasteiger partial charge on any atom is -0.309 e. The molecule has 3 rings (SSSR count). The molecule has 1 aromatic rings. The van der Waals surface area contributed by atoms with Crippen molar-refractivity contribution in [2.24, 2.45) is 11.8 Å². The highest BCUT2D eigenvalue weighted by Gasteiger charge is 2.40. The smallest absolute Gasteiger partial charge is 0.0236 e. The number of benzene rings is 1. The Labute approximate surface area is 129 Å². The summed E-state index contributed by atoms with van der Waals surface area (Å²) in [6, 6.07) is 9.61. The Kier molecular flexibility index (Phi) is 4.77. The second-order valence-electron chi connectivity index (χ2n) is 6.45. The van der Waals surface area contributed by atoms with Crippen LogP contribution in [0.15, 0.2) is 36.4 Å². The Bertz CT molecular complexity index is 490. The molecule has 1 saturated carbocycles. The quantitative estimate of drug-likeness (QED) is 0.770. The van der Waals surface area contributed by atoms with E-state index in [1.165, 1.54) is 24.0 Å². The molecular weight excluding hydrogens is 256 g/mol. The van der Waals surface area contributed by atoms with Gasteiger partial charge in [-0.1, -0.05) is 50.3 Å². The predicted octanol–water partition coefficient (Wildman–Crippen LogP) is 3.58. The summed E-state index contributed by atoms with van der Waals surface area (Å²) >= 11 is 0. The standard InChI is InChI=1S/C19H28N2/c1-3-21(4-2)14-17-9-6-5-8-16(17)13-20-19-12-15-10-7-11-18(15)19/h5-9,11,15,18-20H,3-4,10,12-14H2,1-2H3. The summed E-state index contributed by atoms with van der Waals surface area (Å²) in [5, 5.41) is 3.79. The number of rotatable bonds is 7. The van der Waals surface area contributed by atoms with Crippen LogP contribution < -0.4 is 5.32 Å². The van der Waals surface area contributed by atoms with E-state index < -0.39 is 0 Å². The van der Waals surface area contributed by atoms with Crippen molar-refractivity contribution in [3.05, 3.63) is 47.5 Å². The van der Waals surface area contributed by atoms with Gasteiger partial charge in [0.15, 0.2) is 0 Å². The topological polar surface area (TPSA) is 15.3 Å². The summed E-state index contributed by atoms with van der Waals surface area (Å²) in [5.41, 5.74) is 2.95. The van der Waals surface area contributed by atoms with Crippen molar-refractivity contribution in [3.63, 3.8) is 0 Å². The molecule has 3 atom stereocenters. The first-order chi connectivity index (χ1) is 10.3. The van der Waals surface area contributed by atoms with Crippen LogP contribution in [0.3, 0.4) is 0 Å². The van der Waals surface area contributed by atoms with Crippen molar-refractivity contribution in [2.75, 3.05) is 13.1 Å². The molecule has 0 saturated heterocycles. The van der Waals surface area contributed by atoms with Gasteiger partial charge in [0.1, 0.15) is 0 Å². The molecule has 2 aliphatic carbocycles. The van der Waals surface area contributed by atoms with E-state index in [4.69, 9.17) is 0 Å². The number of allylic oxidation sites excluding steroid dienone is 1. The highest BCUT2D eigenvalue weighted by atomic mass is 15.1. The molecule has 0 aliphatic heterocycles. The summed E-state index contributed by atoms with van der Waals surface area (Å²) in [5.74, 6) is 1.74. The number of hydrogen-bond donors (Lipinski definition) is 1. The van der Waals surface area contributed by atoms with Gasteiger partial charge in [-0.15, -0.1) is 0 Å². The Morgan fingerprint density at radius 2 is 1.90 bits per heavy atom. The third-order valence-electron chi connectivity index (χ3n) is 5.32. The lowest BCUT2D eigenvalue weighted by atomic mass is 9.71. The summed E-state index contributed by atoms with van der Waals surface area (Å²) in [7, 11) is 0. The highest BCUT2D eigenvalue weighted by molar-refractivity contribution is 5.27. The average molecular weight is 284 g/mol. The van der Waals surface area contributed by atoms with Crippen LogP contribution in [0.5, 0.6) is 0 Å². The number of fused-ring (bicyclic) bond motifs is 1. The van der Waals surface area contributed by atoms with Gasteiger partial charge in [0, 0.05) is 19.1 Å². The molecule has 0 aromatic heterocycles. The van der Waals surface area contributed by atoms with Gasteiger partial charge in [-0.05, 0) is 48.9 Å². The molecule has 0 spiro atoms. The number of hydrogen-bond acceptors (Lipinski definition) is 2. The number of nitrogens with one attached hydrogen (secondary N) is 1. The van der Waals surface area contributed by atoms with E-state index in [2.05, 4.69) is 60.5 Å². The molecule has 1 N–H and O–H groups in total. The molecule has 0 amide bonds. The predicted molar refractivity (Wildman–Crippen MR) is 89.0 cm³/mol. The SMILES string of the molecule is CCN(CC)Cc1ccccc1CNC1CC2CC=CC21. The van der Waals surface area contributed by atoms with Crippen LogP contribution in [0.2, 0.25) is 0 Å². The fraction of sp³-hybridized carbons (Fsp3) is 0.579. The first kappa shape index (κ1) is 14.8. The Morgan fingerprint density at radius 1 is 1.14 bits per heavy atom. The lowest BCUT2D eigenvalue weighted by Crippen LogP contribution is -2.47. The fourth-order valence-corrected chi connectivity index (χ4v) is 3.76. The van der Waals surface area contributed by atoms with E-state index in [0.29, 0.717) is 6.04 Å². The molecule has 21 heavy (non-hydrogen) atoms. The van der Waals surface area contributed by atoms with Gasteiger partial charge in [-0.25, -0.2) is 0 Å². The molecule has 0 radical (unpaired) electrons. The van der Waals surface area contributed by atoms with Gasteiger partial charge in [0.05, 0.1) is 0 Å². The van der Waals surface area contributed by atoms with Crippen molar-refractivity contribution in [3.8, 4) is 0 Å². The summed E-state index contributed by atoms with van der Waals surface area (Å²) in [4.78, 5) is 2.48. The summed E-state index contributed by atoms with van der Waals surface area (Å²) in [6.07, 6.45) is 7.45. The van der Waals surface area contributed by atoms with Crippen LogP contribution >= 0.6 is 0 Å². The van der Waals surface area contributed by atoms with E-state index >= 15 is 0 Å². The molecule has 1 fully saturated rings. The maximum atomic E-state index is 3.79. The van der Waals surface area contributed by atoms with Gasteiger partial charge >= 0.3 is 0 Å². The molecule has 0 bridgehead atoms. The van der Waals surface area contributed by atoms with Crippen molar-refractivity contribution >= 4 is 0 Å². The normalized spacial score (nSPS) is 26.9. The van der Waals surface area contributed by atoms with E-state index in [-0.39, 0.29) is 0 Å². The number of nitrogens with zero attached hydrogens (tertiary/aromatic N) is 1. The van der Waals surface area contributed by atoms with Crippen LogP contribution in [0.1, 0.15) is 37.8 Å². The summed E-state index contributed by atoms with van der Waals surface area (Å²) in [6.45, 7) is 8.81. The maximum Gasteiger partial charge on any atom is 0.0236 e. The molecule has 3 unspecified atom stereocenters. The van der Waals surface area contributed by atoms with E-state index in [9.17, 15) is 0 Å². The second kappa shape index (κ2) is 6.76. The van der Waals surface area contributed by atoms with Crippen molar-refractivity contribution in [1.82, 2.24) is 10.2 Å². The first-order valence-corrected chi connectivity index (χ1v) is 8.51.